The number of rotatable bonds is 2. The van der Waals surface area contributed by atoms with Gasteiger partial charge in [-0.2, -0.15) is 11.8 Å². The summed E-state index contributed by atoms with van der Waals surface area (Å²) in [6, 6.07) is 5.92. The molecule has 1 saturated heterocycles. The fourth-order valence-electron chi connectivity index (χ4n) is 1.53. The minimum absolute atomic E-state index is 0.109. The van der Waals surface area contributed by atoms with Crippen molar-refractivity contribution in [3.05, 3.63) is 30.1 Å². The number of amides is 1. The third-order valence-electron chi connectivity index (χ3n) is 2.55. The number of benzene rings is 1. The average molecular weight is 241 g/mol. The van der Waals surface area contributed by atoms with Crippen molar-refractivity contribution in [2.24, 2.45) is 0 Å². The molecule has 0 aliphatic carbocycles. The van der Waals surface area contributed by atoms with Crippen LogP contribution in [-0.4, -0.2) is 28.1 Å². The van der Waals surface area contributed by atoms with Gasteiger partial charge in [-0.1, -0.05) is 12.1 Å². The molecule has 1 heterocycles. The molecule has 2 N–H and O–H groups in total. The van der Waals surface area contributed by atoms with E-state index in [1.54, 1.807) is 12.1 Å². The topological polar surface area (TPSA) is 49.3 Å². The lowest BCUT2D eigenvalue weighted by Crippen LogP contribution is -2.43. The van der Waals surface area contributed by atoms with Gasteiger partial charge in [0.25, 0.3) is 5.91 Å². The second kappa shape index (κ2) is 4.43. The summed E-state index contributed by atoms with van der Waals surface area (Å²) in [6.07, 6.45) is 0.415. The number of carbonyl (C=O) groups is 1. The van der Waals surface area contributed by atoms with Crippen molar-refractivity contribution in [1.29, 1.82) is 0 Å². The monoisotopic (exact) mass is 241 g/mol. The summed E-state index contributed by atoms with van der Waals surface area (Å²) < 4.78 is 13.3. The van der Waals surface area contributed by atoms with E-state index in [1.165, 1.54) is 23.9 Å². The smallest absolute Gasteiger partial charge is 0.257 e. The SMILES string of the molecule is O=C(Nc1ccccc1F)C1(O)CCSC1. The number of para-hydroxylation sites is 1. The predicted molar refractivity (Wildman–Crippen MR) is 61.9 cm³/mol. The van der Waals surface area contributed by atoms with Crippen LogP contribution in [0.15, 0.2) is 24.3 Å². The van der Waals surface area contributed by atoms with Gasteiger partial charge in [0.2, 0.25) is 0 Å². The second-order valence-electron chi connectivity index (χ2n) is 3.77. The zero-order valence-corrected chi connectivity index (χ0v) is 9.39. The lowest BCUT2D eigenvalue weighted by Gasteiger charge is -2.20. The van der Waals surface area contributed by atoms with Gasteiger partial charge in [-0.05, 0) is 24.3 Å². The van der Waals surface area contributed by atoms with Crippen molar-refractivity contribution >= 4 is 23.4 Å². The van der Waals surface area contributed by atoms with E-state index < -0.39 is 17.3 Å². The lowest BCUT2D eigenvalue weighted by molar-refractivity contribution is -0.131. The van der Waals surface area contributed by atoms with Crippen LogP contribution in [0, 0.1) is 5.82 Å². The summed E-state index contributed by atoms with van der Waals surface area (Å²) in [6.45, 7) is 0. The highest BCUT2D eigenvalue weighted by Crippen LogP contribution is 2.29. The zero-order valence-electron chi connectivity index (χ0n) is 8.57. The number of thioether (sulfide) groups is 1. The number of aliphatic hydroxyl groups is 1. The van der Waals surface area contributed by atoms with Crippen LogP contribution >= 0.6 is 11.8 Å². The van der Waals surface area contributed by atoms with Gasteiger partial charge in [-0.3, -0.25) is 4.79 Å². The molecule has 1 atom stereocenters. The van der Waals surface area contributed by atoms with Crippen LogP contribution in [0.3, 0.4) is 0 Å². The van der Waals surface area contributed by atoms with Gasteiger partial charge in [0, 0.05) is 5.75 Å². The number of nitrogens with one attached hydrogen (secondary N) is 1. The first kappa shape index (κ1) is 11.4. The molecular weight excluding hydrogens is 229 g/mol. The molecule has 1 fully saturated rings. The molecular formula is C11H12FNO2S. The summed E-state index contributed by atoms with van der Waals surface area (Å²) in [5, 5.41) is 12.4. The Hall–Kier alpha value is -1.07. The molecule has 16 heavy (non-hydrogen) atoms. The van der Waals surface area contributed by atoms with Crippen molar-refractivity contribution < 1.29 is 14.3 Å². The van der Waals surface area contributed by atoms with E-state index in [0.717, 1.165) is 5.75 Å². The molecule has 1 aromatic carbocycles. The Bertz CT molecular complexity index is 405. The molecule has 1 unspecified atom stereocenters. The predicted octanol–water partition coefficient (Wildman–Crippen LogP) is 1.63. The Morgan fingerprint density at radius 1 is 1.50 bits per heavy atom. The first-order valence-electron chi connectivity index (χ1n) is 4.98. The molecule has 1 amide bonds. The van der Waals surface area contributed by atoms with Gasteiger partial charge >= 0.3 is 0 Å². The number of hydrogen-bond donors (Lipinski definition) is 2. The van der Waals surface area contributed by atoms with E-state index in [1.807, 2.05) is 0 Å². The van der Waals surface area contributed by atoms with Crippen LogP contribution in [0.5, 0.6) is 0 Å². The summed E-state index contributed by atoms with van der Waals surface area (Å²) >= 11 is 1.52. The fourth-order valence-corrected chi connectivity index (χ4v) is 2.77. The first-order valence-corrected chi connectivity index (χ1v) is 6.13. The largest absolute Gasteiger partial charge is 0.379 e. The van der Waals surface area contributed by atoms with Gasteiger partial charge in [0.1, 0.15) is 5.82 Å². The Balaban J connectivity index is 2.10. The van der Waals surface area contributed by atoms with Crippen LogP contribution in [0.1, 0.15) is 6.42 Å². The number of carbonyl (C=O) groups excluding carboxylic acids is 1. The van der Waals surface area contributed by atoms with E-state index in [4.69, 9.17) is 0 Å². The molecule has 0 spiro atoms. The molecule has 1 aliphatic rings. The van der Waals surface area contributed by atoms with E-state index >= 15 is 0 Å². The first-order chi connectivity index (χ1) is 7.62. The van der Waals surface area contributed by atoms with Gasteiger partial charge in [0.15, 0.2) is 5.60 Å². The molecule has 0 radical (unpaired) electrons. The van der Waals surface area contributed by atoms with Gasteiger partial charge in [0.05, 0.1) is 5.69 Å². The molecule has 5 heteroatoms. The van der Waals surface area contributed by atoms with Crippen LogP contribution in [0.2, 0.25) is 0 Å². The highest BCUT2D eigenvalue weighted by atomic mass is 32.2. The lowest BCUT2D eigenvalue weighted by atomic mass is 10.0. The van der Waals surface area contributed by atoms with Gasteiger partial charge in [-0.25, -0.2) is 4.39 Å². The standard InChI is InChI=1S/C11H12FNO2S/c12-8-3-1-2-4-9(8)13-10(14)11(15)5-6-16-7-11/h1-4,15H,5-7H2,(H,13,14). The van der Waals surface area contributed by atoms with E-state index in [2.05, 4.69) is 5.32 Å². The van der Waals surface area contributed by atoms with Gasteiger partial charge < -0.3 is 10.4 Å². The summed E-state index contributed by atoms with van der Waals surface area (Å²) in [5.41, 5.74) is -1.25. The normalized spacial score (nSPS) is 24.4. The van der Waals surface area contributed by atoms with Crippen molar-refractivity contribution in [3.8, 4) is 0 Å². The van der Waals surface area contributed by atoms with E-state index in [9.17, 15) is 14.3 Å². The molecule has 0 bridgehead atoms. The Morgan fingerprint density at radius 2 is 2.25 bits per heavy atom. The molecule has 3 nitrogen and oxygen atoms in total. The molecule has 0 saturated carbocycles. The average Bonchev–Trinajstić information content (AvgIpc) is 2.70. The van der Waals surface area contributed by atoms with Crippen molar-refractivity contribution in [1.82, 2.24) is 0 Å². The van der Waals surface area contributed by atoms with Crippen molar-refractivity contribution in [2.45, 2.75) is 12.0 Å². The van der Waals surface area contributed by atoms with Crippen molar-refractivity contribution in [3.63, 3.8) is 0 Å². The summed E-state index contributed by atoms with van der Waals surface area (Å²) in [7, 11) is 0. The van der Waals surface area contributed by atoms with E-state index in [-0.39, 0.29) is 5.69 Å². The molecule has 0 aromatic heterocycles. The number of halogens is 1. The fraction of sp³-hybridized carbons (Fsp3) is 0.364. The van der Waals surface area contributed by atoms with Crippen molar-refractivity contribution in [2.75, 3.05) is 16.8 Å². The van der Waals surface area contributed by atoms with E-state index in [0.29, 0.717) is 12.2 Å². The molecule has 1 aliphatic heterocycles. The quantitative estimate of drug-likeness (QED) is 0.827. The van der Waals surface area contributed by atoms with Crippen LogP contribution in [0.4, 0.5) is 10.1 Å². The zero-order chi connectivity index (χ0) is 11.6. The number of hydrogen-bond acceptors (Lipinski definition) is 3. The minimum Gasteiger partial charge on any atom is -0.379 e. The Labute approximate surface area is 97.0 Å². The third-order valence-corrected chi connectivity index (χ3v) is 3.72. The van der Waals surface area contributed by atoms with Crippen LogP contribution in [0.25, 0.3) is 0 Å². The second-order valence-corrected chi connectivity index (χ2v) is 4.87. The summed E-state index contributed by atoms with van der Waals surface area (Å²) in [4.78, 5) is 11.7. The number of anilines is 1. The Kier molecular flexibility index (Phi) is 3.16. The maximum Gasteiger partial charge on any atom is 0.257 e. The summed E-state index contributed by atoms with van der Waals surface area (Å²) in [5.74, 6) is 0.0989. The Morgan fingerprint density at radius 3 is 2.88 bits per heavy atom. The van der Waals surface area contributed by atoms with Crippen LogP contribution in [-0.2, 0) is 4.79 Å². The molecule has 86 valence electrons. The highest BCUT2D eigenvalue weighted by molar-refractivity contribution is 7.99. The highest BCUT2D eigenvalue weighted by Gasteiger charge is 2.39. The minimum atomic E-state index is -1.35. The van der Waals surface area contributed by atoms with Gasteiger partial charge in [-0.15, -0.1) is 0 Å². The van der Waals surface area contributed by atoms with Crippen LogP contribution < -0.4 is 5.32 Å². The molecule has 1 aromatic rings. The molecule has 2 rings (SSSR count). The maximum absolute atomic E-state index is 13.3. The third kappa shape index (κ3) is 2.20. The maximum atomic E-state index is 13.3.